The van der Waals surface area contributed by atoms with Crippen LogP contribution < -0.4 is 4.74 Å². The van der Waals surface area contributed by atoms with Gasteiger partial charge in [-0.2, -0.15) is 0 Å². The molecule has 1 aliphatic rings. The largest absolute Gasteiger partial charge is 0.488 e. The van der Waals surface area contributed by atoms with Crippen LogP contribution in [0, 0.1) is 0 Å². The predicted molar refractivity (Wildman–Crippen MR) is 81.6 cm³/mol. The van der Waals surface area contributed by atoms with Crippen LogP contribution in [0.3, 0.4) is 0 Å². The van der Waals surface area contributed by atoms with Crippen molar-refractivity contribution < 1.29 is 17.9 Å². The van der Waals surface area contributed by atoms with Gasteiger partial charge >= 0.3 is 0 Å². The molecule has 1 heterocycles. The molecule has 1 fully saturated rings. The standard InChI is InChI=1S/C16H16O4S/c1-11(17)14-7-6-12-4-2-3-5-15(12)16(14)20-13-8-9-21(18,19)10-13/h2-7,13H,8-10H2,1H3. The molecule has 2 aromatic carbocycles. The minimum Gasteiger partial charge on any atom is -0.488 e. The first-order valence-corrected chi connectivity index (χ1v) is 8.68. The van der Waals surface area contributed by atoms with E-state index in [0.29, 0.717) is 17.7 Å². The molecule has 5 heteroatoms. The van der Waals surface area contributed by atoms with Gasteiger partial charge in [-0.25, -0.2) is 8.42 Å². The van der Waals surface area contributed by atoms with E-state index in [1.807, 2.05) is 30.3 Å². The number of ketones is 1. The Labute approximate surface area is 123 Å². The third kappa shape index (κ3) is 2.78. The summed E-state index contributed by atoms with van der Waals surface area (Å²) in [5, 5.41) is 1.81. The van der Waals surface area contributed by atoms with Crippen LogP contribution in [-0.4, -0.2) is 31.8 Å². The van der Waals surface area contributed by atoms with E-state index in [9.17, 15) is 13.2 Å². The van der Waals surface area contributed by atoms with E-state index in [2.05, 4.69) is 0 Å². The van der Waals surface area contributed by atoms with E-state index >= 15 is 0 Å². The zero-order valence-electron chi connectivity index (χ0n) is 11.7. The Kier molecular flexibility index (Phi) is 3.45. The van der Waals surface area contributed by atoms with Gasteiger partial charge in [-0.3, -0.25) is 4.79 Å². The molecule has 3 rings (SSSR count). The average molecular weight is 304 g/mol. The second-order valence-electron chi connectivity index (χ2n) is 5.36. The Morgan fingerprint density at radius 3 is 2.62 bits per heavy atom. The van der Waals surface area contributed by atoms with Crippen LogP contribution in [0.15, 0.2) is 36.4 Å². The summed E-state index contributed by atoms with van der Waals surface area (Å²) in [6.07, 6.45) is 0.0991. The van der Waals surface area contributed by atoms with Crippen molar-refractivity contribution in [3.05, 3.63) is 42.0 Å². The summed E-state index contributed by atoms with van der Waals surface area (Å²) in [6, 6.07) is 11.2. The first kappa shape index (κ1) is 14.1. The first-order valence-electron chi connectivity index (χ1n) is 6.86. The van der Waals surface area contributed by atoms with Crippen LogP contribution in [0.2, 0.25) is 0 Å². The lowest BCUT2D eigenvalue weighted by Crippen LogP contribution is -2.19. The van der Waals surface area contributed by atoms with Gasteiger partial charge in [-0.15, -0.1) is 0 Å². The summed E-state index contributed by atoms with van der Waals surface area (Å²) >= 11 is 0. The van der Waals surface area contributed by atoms with E-state index in [0.717, 1.165) is 10.8 Å². The molecule has 1 saturated heterocycles. The summed E-state index contributed by atoms with van der Waals surface area (Å²) in [6.45, 7) is 1.49. The van der Waals surface area contributed by atoms with E-state index in [1.54, 1.807) is 6.07 Å². The quantitative estimate of drug-likeness (QED) is 0.818. The number of benzene rings is 2. The first-order chi connectivity index (χ1) is 9.96. The molecule has 0 N–H and O–H groups in total. The molecule has 0 amide bonds. The Hall–Kier alpha value is -1.88. The average Bonchev–Trinajstić information content (AvgIpc) is 2.78. The predicted octanol–water partition coefficient (Wildman–Crippen LogP) is 2.61. The van der Waals surface area contributed by atoms with Crippen LogP contribution in [0.1, 0.15) is 23.7 Å². The summed E-state index contributed by atoms with van der Waals surface area (Å²) in [7, 11) is -3.01. The molecule has 1 unspecified atom stereocenters. The maximum absolute atomic E-state index is 11.8. The molecule has 0 aromatic heterocycles. The highest BCUT2D eigenvalue weighted by Gasteiger charge is 2.30. The number of hydrogen-bond acceptors (Lipinski definition) is 4. The molecule has 0 bridgehead atoms. The van der Waals surface area contributed by atoms with Crippen LogP contribution in [-0.2, 0) is 9.84 Å². The normalized spacial score (nSPS) is 20.5. The molecule has 1 atom stereocenters. The number of carbonyl (C=O) groups excluding carboxylic acids is 1. The SMILES string of the molecule is CC(=O)c1ccc2ccccc2c1OC1CCS(=O)(=O)C1. The topological polar surface area (TPSA) is 60.4 Å². The maximum atomic E-state index is 11.8. The molecule has 1 aliphatic heterocycles. The maximum Gasteiger partial charge on any atom is 0.163 e. The fourth-order valence-corrected chi connectivity index (χ4v) is 4.26. The molecular weight excluding hydrogens is 288 g/mol. The van der Waals surface area contributed by atoms with Crippen LogP contribution >= 0.6 is 0 Å². The van der Waals surface area contributed by atoms with Crippen molar-refractivity contribution >= 4 is 26.4 Å². The lowest BCUT2D eigenvalue weighted by atomic mass is 10.0. The molecular formula is C16H16O4S. The van der Waals surface area contributed by atoms with Crippen LogP contribution in [0.25, 0.3) is 10.8 Å². The Bertz CT molecular complexity index is 808. The van der Waals surface area contributed by atoms with Crippen molar-refractivity contribution in [1.29, 1.82) is 0 Å². The second kappa shape index (κ2) is 5.15. The minimum atomic E-state index is -3.01. The summed E-state index contributed by atoms with van der Waals surface area (Å²) in [5.74, 6) is 0.588. The fourth-order valence-electron chi connectivity index (χ4n) is 2.67. The molecule has 110 valence electrons. The van der Waals surface area contributed by atoms with Gasteiger partial charge in [0.2, 0.25) is 0 Å². The lowest BCUT2D eigenvalue weighted by Gasteiger charge is -2.17. The van der Waals surface area contributed by atoms with Gasteiger partial charge in [0.25, 0.3) is 0 Å². The molecule has 0 saturated carbocycles. The number of rotatable bonds is 3. The van der Waals surface area contributed by atoms with Gasteiger partial charge in [0.1, 0.15) is 11.9 Å². The number of hydrogen-bond donors (Lipinski definition) is 0. The molecule has 0 radical (unpaired) electrons. The summed E-state index contributed by atoms with van der Waals surface area (Å²) < 4.78 is 29.0. The van der Waals surface area contributed by atoms with Gasteiger partial charge < -0.3 is 4.74 Å². The van der Waals surface area contributed by atoms with Crippen molar-refractivity contribution in [3.63, 3.8) is 0 Å². The van der Waals surface area contributed by atoms with Crippen molar-refractivity contribution in [3.8, 4) is 5.75 Å². The van der Waals surface area contributed by atoms with Crippen LogP contribution in [0.5, 0.6) is 5.75 Å². The molecule has 0 spiro atoms. The van der Waals surface area contributed by atoms with Crippen molar-refractivity contribution in [2.75, 3.05) is 11.5 Å². The third-order valence-electron chi connectivity index (χ3n) is 3.73. The van der Waals surface area contributed by atoms with Crippen LogP contribution in [0.4, 0.5) is 0 Å². The van der Waals surface area contributed by atoms with Gasteiger partial charge in [0.05, 0.1) is 17.1 Å². The lowest BCUT2D eigenvalue weighted by molar-refractivity contribution is 0.101. The van der Waals surface area contributed by atoms with Gasteiger partial charge in [-0.1, -0.05) is 30.3 Å². The highest BCUT2D eigenvalue weighted by molar-refractivity contribution is 7.91. The van der Waals surface area contributed by atoms with Gasteiger partial charge in [0, 0.05) is 5.39 Å². The zero-order valence-corrected chi connectivity index (χ0v) is 12.5. The zero-order chi connectivity index (χ0) is 15.0. The van der Waals surface area contributed by atoms with Crippen molar-refractivity contribution in [2.45, 2.75) is 19.4 Å². The molecule has 21 heavy (non-hydrogen) atoms. The number of ether oxygens (including phenoxy) is 1. The number of carbonyl (C=O) groups is 1. The molecule has 0 aliphatic carbocycles. The Morgan fingerprint density at radius 2 is 1.95 bits per heavy atom. The number of sulfone groups is 1. The Morgan fingerprint density at radius 1 is 1.19 bits per heavy atom. The highest BCUT2D eigenvalue weighted by Crippen LogP contribution is 2.32. The van der Waals surface area contributed by atoms with Gasteiger partial charge in [-0.05, 0) is 24.8 Å². The third-order valence-corrected chi connectivity index (χ3v) is 5.47. The molecule has 4 nitrogen and oxygen atoms in total. The minimum absolute atomic E-state index is 0.0214. The number of Topliss-reactive ketones (excluding diaryl/α,β-unsaturated/α-hetero) is 1. The fraction of sp³-hybridized carbons (Fsp3) is 0.312. The van der Waals surface area contributed by atoms with E-state index < -0.39 is 9.84 Å². The smallest absolute Gasteiger partial charge is 0.163 e. The highest BCUT2D eigenvalue weighted by atomic mass is 32.2. The van der Waals surface area contributed by atoms with E-state index in [4.69, 9.17) is 4.74 Å². The Balaban J connectivity index is 2.07. The molecule has 2 aromatic rings. The summed E-state index contributed by atoms with van der Waals surface area (Å²) in [5.41, 5.74) is 0.498. The van der Waals surface area contributed by atoms with Crippen molar-refractivity contribution in [1.82, 2.24) is 0 Å². The number of fused-ring (bicyclic) bond motifs is 1. The van der Waals surface area contributed by atoms with E-state index in [1.165, 1.54) is 6.92 Å². The van der Waals surface area contributed by atoms with Gasteiger partial charge in [0.15, 0.2) is 15.6 Å². The second-order valence-corrected chi connectivity index (χ2v) is 7.59. The monoisotopic (exact) mass is 304 g/mol. The summed E-state index contributed by atoms with van der Waals surface area (Å²) in [4.78, 5) is 11.8. The van der Waals surface area contributed by atoms with Crippen molar-refractivity contribution in [2.24, 2.45) is 0 Å². The van der Waals surface area contributed by atoms with E-state index in [-0.39, 0.29) is 23.4 Å².